The van der Waals surface area contributed by atoms with E-state index in [0.717, 1.165) is 52.8 Å². The van der Waals surface area contributed by atoms with Crippen LogP contribution in [0.5, 0.6) is 11.6 Å². The molecule has 2 aliphatic rings. The van der Waals surface area contributed by atoms with Crippen molar-refractivity contribution < 1.29 is 19.4 Å². The predicted octanol–water partition coefficient (Wildman–Crippen LogP) is 5.82. The summed E-state index contributed by atoms with van der Waals surface area (Å²) in [4.78, 5) is 25.8. The van der Waals surface area contributed by atoms with Crippen LogP contribution in [0.1, 0.15) is 43.9 Å². The lowest BCUT2D eigenvalue weighted by atomic mass is 9.77. The zero-order chi connectivity index (χ0) is 35.0. The molecule has 1 saturated heterocycles. The van der Waals surface area contributed by atoms with E-state index in [1.54, 1.807) is 20.4 Å². The molecule has 4 aromatic heterocycles. The number of hydrogen-bond acceptors (Lipinski definition) is 9. The Balaban J connectivity index is 1.14. The third-order valence-electron chi connectivity index (χ3n) is 9.38. The maximum atomic E-state index is 11.5. The molecule has 0 unspecified atom stereocenters. The topological polar surface area (TPSA) is 135 Å². The second-order valence-corrected chi connectivity index (χ2v) is 14.0. The van der Waals surface area contributed by atoms with E-state index in [1.807, 2.05) is 66.2 Å². The molecule has 11 nitrogen and oxygen atoms in total. The smallest absolute Gasteiger partial charge is 0.220 e. The number of fused-ring (bicyclic) bond motifs is 1. The Kier molecular flexibility index (Phi) is 9.69. The number of nitrogens with zero attached hydrogens (tertiary/aromatic N) is 4. The molecule has 4 N–H and O–H groups in total. The average Bonchev–Trinajstić information content (AvgIpc) is 3.71. The fraction of sp³-hybridized carbons (Fsp3) is 0.351. The molecule has 50 heavy (non-hydrogen) atoms. The zero-order valence-corrected chi connectivity index (χ0v) is 29.6. The van der Waals surface area contributed by atoms with Crippen LogP contribution < -0.4 is 25.4 Å². The largest absolute Gasteiger partial charge is 0.493 e. The number of aliphatic hydroxyl groups is 1. The van der Waals surface area contributed by atoms with Crippen molar-refractivity contribution in [1.82, 2.24) is 35.3 Å². The maximum absolute atomic E-state index is 11.5. The molecule has 1 saturated carbocycles. The number of methoxy groups -OCH3 is 2. The number of nitrogens with one attached hydrogen (secondary N) is 3. The molecule has 5 heterocycles. The number of ether oxygens (including phenoxy) is 2. The first kappa shape index (κ1) is 34.2. The second-order valence-electron chi connectivity index (χ2n) is 13.2. The number of rotatable bonds is 12. The van der Waals surface area contributed by atoms with Crippen molar-refractivity contribution in [2.24, 2.45) is 0 Å². The third-order valence-corrected chi connectivity index (χ3v) is 10.2. The van der Waals surface area contributed by atoms with E-state index in [2.05, 4.69) is 20.9 Å². The zero-order valence-electron chi connectivity index (χ0n) is 28.1. The third kappa shape index (κ3) is 7.01. The van der Waals surface area contributed by atoms with E-state index in [9.17, 15) is 9.90 Å². The van der Waals surface area contributed by atoms with Gasteiger partial charge in [-0.1, -0.05) is 47.5 Å². The van der Waals surface area contributed by atoms with Gasteiger partial charge in [0.25, 0.3) is 0 Å². The summed E-state index contributed by atoms with van der Waals surface area (Å²) >= 11 is 14.2. The summed E-state index contributed by atoms with van der Waals surface area (Å²) in [6.07, 6.45) is 8.46. The van der Waals surface area contributed by atoms with Gasteiger partial charge < -0.3 is 34.9 Å². The molecule has 7 rings (SSSR count). The maximum Gasteiger partial charge on any atom is 0.220 e. The molecule has 0 radical (unpaired) electrons. The number of benzene rings is 1. The van der Waals surface area contributed by atoms with Gasteiger partial charge in [0.15, 0.2) is 11.4 Å². The molecule has 1 amide bonds. The van der Waals surface area contributed by atoms with Crippen LogP contribution in [0.25, 0.3) is 39.3 Å². The number of aromatic nitrogens is 4. The molecule has 0 spiro atoms. The van der Waals surface area contributed by atoms with E-state index in [1.165, 1.54) is 0 Å². The fourth-order valence-corrected chi connectivity index (χ4v) is 7.46. The van der Waals surface area contributed by atoms with Gasteiger partial charge in [-0.3, -0.25) is 9.78 Å². The van der Waals surface area contributed by atoms with E-state index in [4.69, 9.17) is 42.6 Å². The van der Waals surface area contributed by atoms with Crippen LogP contribution in [0, 0.1) is 0 Å². The quantitative estimate of drug-likeness (QED) is 0.126. The van der Waals surface area contributed by atoms with Crippen molar-refractivity contribution in [2.75, 3.05) is 20.8 Å². The predicted molar refractivity (Wildman–Crippen MR) is 194 cm³/mol. The minimum Gasteiger partial charge on any atom is -0.493 e. The number of pyridine rings is 3. The van der Waals surface area contributed by atoms with Crippen LogP contribution in [-0.4, -0.2) is 68.8 Å². The number of amides is 1. The number of carbonyl (C=O) groups is 1. The van der Waals surface area contributed by atoms with E-state index < -0.39 is 5.60 Å². The molecule has 1 aliphatic carbocycles. The van der Waals surface area contributed by atoms with Gasteiger partial charge in [-0.05, 0) is 44.4 Å². The van der Waals surface area contributed by atoms with E-state index in [-0.39, 0.29) is 18.0 Å². The fourth-order valence-electron chi connectivity index (χ4n) is 6.81. The van der Waals surface area contributed by atoms with Gasteiger partial charge in [-0.25, -0.2) is 9.97 Å². The molecule has 1 atom stereocenters. The summed E-state index contributed by atoms with van der Waals surface area (Å²) in [5.41, 5.74) is 6.04. The first-order chi connectivity index (χ1) is 24.1. The first-order valence-corrected chi connectivity index (χ1v) is 17.4. The summed E-state index contributed by atoms with van der Waals surface area (Å²) < 4.78 is 13.3. The Morgan fingerprint density at radius 2 is 1.82 bits per heavy atom. The molecule has 1 aliphatic heterocycles. The highest BCUT2D eigenvalue weighted by Gasteiger charge is 2.37. The van der Waals surface area contributed by atoms with Crippen molar-refractivity contribution >= 4 is 34.8 Å². The lowest BCUT2D eigenvalue weighted by Gasteiger charge is -2.41. The molecular formula is C37H39Cl2N7O4. The number of hydrogen-bond donors (Lipinski definition) is 4. The Hall–Kier alpha value is -4.26. The second kappa shape index (κ2) is 14.2. The monoisotopic (exact) mass is 715 g/mol. The molecule has 2 fully saturated rings. The Morgan fingerprint density at radius 1 is 1.02 bits per heavy atom. The molecule has 5 aromatic rings. The van der Waals surface area contributed by atoms with Crippen molar-refractivity contribution in [2.45, 2.75) is 63.4 Å². The normalized spacial score (nSPS) is 20.2. The number of imidazole rings is 1. The van der Waals surface area contributed by atoms with Gasteiger partial charge in [0.05, 0.1) is 46.9 Å². The van der Waals surface area contributed by atoms with Gasteiger partial charge in [-0.15, -0.1) is 0 Å². The van der Waals surface area contributed by atoms with Gasteiger partial charge in [0.1, 0.15) is 0 Å². The summed E-state index contributed by atoms with van der Waals surface area (Å²) in [7, 11) is 3.21. The Labute approximate surface area is 300 Å². The summed E-state index contributed by atoms with van der Waals surface area (Å²) in [6.45, 7) is 3.65. The molecule has 260 valence electrons. The number of halogens is 2. The standard InChI is InChI=1S/C37H39Cl2N7O4/c1-37(48)14-24(15-37)42-18-25-20-46-19-22(13-30(49-2)35(46)44-25)34-33(39)27(11-12-41-34)26-5-4-6-28(32(26)38)29-9-7-21(36(45-29)50-3)16-40-17-23-8-10-31(47)43-23/h4-7,9,11-13,19-20,23-24,40,42,48H,8,10,14-18H2,1-3H3,(H,43,47)/t23-,24-,37+/m1/s1. The molecular weight excluding hydrogens is 677 g/mol. The van der Waals surface area contributed by atoms with Crippen LogP contribution >= 0.6 is 23.2 Å². The SMILES string of the molecule is COc1nc(-c2cccc(-c3ccnc(-c4cc(OC)c5nc(CN[C@H]6C[C@@](C)(O)C6)cn5c4)c3Cl)c2Cl)ccc1CNC[C@H]1CCC(=O)N1. The van der Waals surface area contributed by atoms with Gasteiger partial charge in [0.2, 0.25) is 11.8 Å². The lowest BCUT2D eigenvalue weighted by Crippen LogP contribution is -2.51. The summed E-state index contributed by atoms with van der Waals surface area (Å²) in [5.74, 6) is 1.18. The Morgan fingerprint density at radius 3 is 2.56 bits per heavy atom. The minimum atomic E-state index is -0.591. The highest BCUT2D eigenvalue weighted by molar-refractivity contribution is 6.39. The van der Waals surface area contributed by atoms with Crippen LogP contribution in [0.4, 0.5) is 0 Å². The molecule has 1 aromatic carbocycles. The van der Waals surface area contributed by atoms with Crippen molar-refractivity contribution in [1.29, 1.82) is 0 Å². The Bertz CT molecular complexity index is 2060. The summed E-state index contributed by atoms with van der Waals surface area (Å²) in [6, 6.07) is 13.8. The van der Waals surface area contributed by atoms with E-state index in [0.29, 0.717) is 64.8 Å². The van der Waals surface area contributed by atoms with Crippen molar-refractivity contribution in [3.8, 4) is 45.3 Å². The van der Waals surface area contributed by atoms with Crippen molar-refractivity contribution in [3.63, 3.8) is 0 Å². The lowest BCUT2D eigenvalue weighted by molar-refractivity contribution is -0.119. The van der Waals surface area contributed by atoms with E-state index >= 15 is 0 Å². The highest BCUT2D eigenvalue weighted by Crippen LogP contribution is 2.42. The van der Waals surface area contributed by atoms with Crippen molar-refractivity contribution in [3.05, 3.63) is 82.4 Å². The minimum absolute atomic E-state index is 0.0967. The van der Waals surface area contributed by atoms with Crippen LogP contribution in [-0.2, 0) is 17.9 Å². The first-order valence-electron chi connectivity index (χ1n) is 16.6. The van der Waals surface area contributed by atoms with Gasteiger partial charge in [0, 0.05) is 84.5 Å². The highest BCUT2D eigenvalue weighted by atomic mass is 35.5. The van der Waals surface area contributed by atoms with Gasteiger partial charge in [-0.2, -0.15) is 0 Å². The van der Waals surface area contributed by atoms with Gasteiger partial charge >= 0.3 is 0 Å². The van der Waals surface area contributed by atoms with Crippen LogP contribution in [0.15, 0.2) is 61.1 Å². The number of carbonyl (C=O) groups excluding carboxylic acids is 1. The molecule has 13 heteroatoms. The molecule has 0 bridgehead atoms. The van der Waals surface area contributed by atoms with Crippen LogP contribution in [0.2, 0.25) is 10.0 Å². The average molecular weight is 717 g/mol. The summed E-state index contributed by atoms with van der Waals surface area (Å²) in [5, 5.41) is 20.8. The van der Waals surface area contributed by atoms with Crippen LogP contribution in [0.3, 0.4) is 0 Å².